The van der Waals surface area contributed by atoms with Crippen LogP contribution in [0.5, 0.6) is 0 Å². The predicted octanol–water partition coefficient (Wildman–Crippen LogP) is -0.393. The molecule has 7 heteroatoms. The van der Waals surface area contributed by atoms with Gasteiger partial charge in [-0.15, -0.1) is 0 Å². The van der Waals surface area contributed by atoms with Crippen molar-refractivity contribution in [3.63, 3.8) is 0 Å². The molecule has 0 aliphatic rings. The summed E-state index contributed by atoms with van der Waals surface area (Å²) < 4.78 is 0.665. The van der Waals surface area contributed by atoms with Gasteiger partial charge in [0.25, 0.3) is 5.91 Å². The van der Waals surface area contributed by atoms with Crippen LogP contribution in [-0.4, -0.2) is 29.6 Å². The van der Waals surface area contributed by atoms with Gasteiger partial charge in [0.15, 0.2) is 0 Å². The van der Waals surface area contributed by atoms with Crippen LogP contribution in [0.1, 0.15) is 10.4 Å². The number of amides is 2. The Bertz CT molecular complexity index is 430. The Hall–Kier alpha value is -1.60. The molecule has 6 N–H and O–H groups in total. The first-order valence-electron chi connectivity index (χ1n) is 4.72. The number of nitrogens with one attached hydrogen (secondary N) is 1. The van der Waals surface area contributed by atoms with E-state index >= 15 is 0 Å². The molecule has 1 aromatic rings. The lowest BCUT2D eigenvalue weighted by atomic mass is 10.2. The van der Waals surface area contributed by atoms with Gasteiger partial charge in [-0.05, 0) is 18.2 Å². The van der Waals surface area contributed by atoms with Crippen molar-refractivity contribution < 1.29 is 14.7 Å². The zero-order valence-corrected chi connectivity index (χ0v) is 10.4. The molecule has 6 nitrogen and oxygen atoms in total. The number of aliphatic hydroxyl groups excluding tert-OH is 1. The van der Waals surface area contributed by atoms with E-state index in [9.17, 15) is 9.59 Å². The SMILES string of the molecule is NC(=O)C(O)CNC(=O)c1cc(N)cc(Br)c1. The van der Waals surface area contributed by atoms with Gasteiger partial charge in [-0.1, -0.05) is 15.9 Å². The van der Waals surface area contributed by atoms with Crippen LogP contribution >= 0.6 is 15.9 Å². The molecule has 0 aliphatic heterocycles. The van der Waals surface area contributed by atoms with Gasteiger partial charge in [-0.25, -0.2) is 0 Å². The van der Waals surface area contributed by atoms with Gasteiger partial charge in [0.1, 0.15) is 6.10 Å². The Balaban J connectivity index is 2.67. The molecule has 1 atom stereocenters. The maximum atomic E-state index is 11.6. The third-order valence-corrected chi connectivity index (χ3v) is 2.42. The lowest BCUT2D eigenvalue weighted by Crippen LogP contribution is -2.39. The van der Waals surface area contributed by atoms with E-state index in [1.165, 1.54) is 6.07 Å². The number of anilines is 1. The molecule has 0 spiro atoms. The highest BCUT2D eigenvalue weighted by Crippen LogP contribution is 2.17. The summed E-state index contributed by atoms with van der Waals surface area (Å²) in [6.07, 6.45) is -1.40. The second-order valence-corrected chi connectivity index (χ2v) is 4.32. The van der Waals surface area contributed by atoms with Gasteiger partial charge < -0.3 is 21.9 Å². The number of carbonyl (C=O) groups excluding carboxylic acids is 2. The van der Waals surface area contributed by atoms with E-state index < -0.39 is 17.9 Å². The lowest BCUT2D eigenvalue weighted by Gasteiger charge is -2.09. The van der Waals surface area contributed by atoms with E-state index in [1.54, 1.807) is 12.1 Å². The first kappa shape index (κ1) is 13.5. The number of nitrogens with two attached hydrogens (primary N) is 2. The second kappa shape index (κ2) is 5.65. The molecule has 92 valence electrons. The van der Waals surface area contributed by atoms with Crippen LogP contribution in [0.15, 0.2) is 22.7 Å². The summed E-state index contributed by atoms with van der Waals surface area (Å²) in [6, 6.07) is 4.70. The van der Waals surface area contributed by atoms with Crippen LogP contribution in [0.2, 0.25) is 0 Å². The van der Waals surface area contributed by atoms with E-state index in [0.717, 1.165) is 0 Å². The van der Waals surface area contributed by atoms with Crippen molar-refractivity contribution in [3.05, 3.63) is 28.2 Å². The monoisotopic (exact) mass is 301 g/mol. The average Bonchev–Trinajstić information content (AvgIpc) is 2.23. The number of aliphatic hydroxyl groups is 1. The second-order valence-electron chi connectivity index (χ2n) is 3.40. The van der Waals surface area contributed by atoms with E-state index in [0.29, 0.717) is 15.7 Å². The van der Waals surface area contributed by atoms with Crippen LogP contribution in [0.4, 0.5) is 5.69 Å². The van der Waals surface area contributed by atoms with Gasteiger partial charge in [0, 0.05) is 15.7 Å². The topological polar surface area (TPSA) is 118 Å². The van der Waals surface area contributed by atoms with Crippen LogP contribution in [0, 0.1) is 0 Å². The largest absolute Gasteiger partial charge is 0.399 e. The molecular weight excluding hydrogens is 290 g/mol. The molecule has 0 radical (unpaired) electrons. The van der Waals surface area contributed by atoms with Crippen molar-refractivity contribution in [2.24, 2.45) is 5.73 Å². The normalized spacial score (nSPS) is 11.9. The third-order valence-electron chi connectivity index (χ3n) is 1.97. The summed E-state index contributed by atoms with van der Waals surface area (Å²) >= 11 is 3.20. The molecule has 2 amide bonds. The maximum absolute atomic E-state index is 11.6. The van der Waals surface area contributed by atoms with Gasteiger partial charge in [-0.2, -0.15) is 0 Å². The zero-order valence-electron chi connectivity index (χ0n) is 8.81. The molecule has 1 aromatic carbocycles. The van der Waals surface area contributed by atoms with E-state index in [2.05, 4.69) is 21.2 Å². The number of carbonyl (C=O) groups is 2. The standard InChI is InChI=1S/C10H12BrN3O3/c11-6-1-5(2-7(12)3-6)10(17)14-4-8(15)9(13)16/h1-3,8,15H,4,12H2,(H2,13,16)(H,14,17). The fraction of sp³-hybridized carbons (Fsp3) is 0.200. The highest BCUT2D eigenvalue weighted by molar-refractivity contribution is 9.10. The quantitative estimate of drug-likeness (QED) is 0.566. The van der Waals surface area contributed by atoms with Crippen LogP contribution < -0.4 is 16.8 Å². The zero-order chi connectivity index (χ0) is 13.0. The molecule has 0 fully saturated rings. The Labute approximate surface area is 106 Å². The van der Waals surface area contributed by atoms with E-state index in [-0.39, 0.29) is 6.54 Å². The molecule has 1 unspecified atom stereocenters. The summed E-state index contributed by atoms with van der Waals surface area (Å²) in [5.41, 5.74) is 11.2. The fourth-order valence-corrected chi connectivity index (χ4v) is 1.65. The highest BCUT2D eigenvalue weighted by Gasteiger charge is 2.13. The van der Waals surface area contributed by atoms with Crippen molar-refractivity contribution in [2.45, 2.75) is 6.10 Å². The summed E-state index contributed by atoms with van der Waals surface area (Å²) in [7, 11) is 0. The lowest BCUT2D eigenvalue weighted by molar-refractivity contribution is -0.125. The number of rotatable bonds is 4. The summed E-state index contributed by atoms with van der Waals surface area (Å²) in [4.78, 5) is 22.2. The smallest absolute Gasteiger partial charge is 0.251 e. The first-order chi connectivity index (χ1) is 7.90. The van der Waals surface area contributed by atoms with Crippen molar-refractivity contribution in [1.29, 1.82) is 0 Å². The van der Waals surface area contributed by atoms with E-state index in [1.807, 2.05) is 0 Å². The van der Waals surface area contributed by atoms with Crippen LogP contribution in [0.25, 0.3) is 0 Å². The Morgan fingerprint density at radius 1 is 1.41 bits per heavy atom. The van der Waals surface area contributed by atoms with Crippen molar-refractivity contribution in [2.75, 3.05) is 12.3 Å². The summed E-state index contributed by atoms with van der Waals surface area (Å²) in [5.74, 6) is -1.34. The molecule has 17 heavy (non-hydrogen) atoms. The Morgan fingerprint density at radius 2 is 2.06 bits per heavy atom. The summed E-state index contributed by atoms with van der Waals surface area (Å²) in [5, 5.41) is 11.5. The molecule has 0 saturated carbocycles. The Kier molecular flexibility index (Phi) is 4.47. The van der Waals surface area contributed by atoms with Crippen molar-refractivity contribution >= 4 is 33.4 Å². The van der Waals surface area contributed by atoms with Gasteiger partial charge in [-0.3, -0.25) is 9.59 Å². The van der Waals surface area contributed by atoms with Crippen LogP contribution in [0.3, 0.4) is 0 Å². The number of nitrogen functional groups attached to an aromatic ring is 1. The number of primary amides is 1. The van der Waals surface area contributed by atoms with E-state index in [4.69, 9.17) is 16.6 Å². The minimum Gasteiger partial charge on any atom is -0.399 e. The predicted molar refractivity (Wildman–Crippen MR) is 66.1 cm³/mol. The summed E-state index contributed by atoms with van der Waals surface area (Å²) in [6.45, 7) is -0.236. The van der Waals surface area contributed by atoms with Crippen LogP contribution in [-0.2, 0) is 4.79 Å². The molecule has 0 saturated heterocycles. The van der Waals surface area contributed by atoms with Crippen molar-refractivity contribution in [1.82, 2.24) is 5.32 Å². The minimum absolute atomic E-state index is 0.236. The van der Waals surface area contributed by atoms with Gasteiger partial charge in [0.05, 0.1) is 6.54 Å². The maximum Gasteiger partial charge on any atom is 0.251 e. The number of halogens is 1. The third kappa shape index (κ3) is 4.04. The first-order valence-corrected chi connectivity index (χ1v) is 5.51. The van der Waals surface area contributed by atoms with Crippen molar-refractivity contribution in [3.8, 4) is 0 Å². The minimum atomic E-state index is -1.40. The number of benzene rings is 1. The number of hydrogen-bond donors (Lipinski definition) is 4. The Morgan fingerprint density at radius 3 is 2.59 bits per heavy atom. The van der Waals surface area contributed by atoms with Gasteiger partial charge >= 0.3 is 0 Å². The number of hydrogen-bond acceptors (Lipinski definition) is 4. The molecule has 0 aliphatic carbocycles. The van der Waals surface area contributed by atoms with Gasteiger partial charge in [0.2, 0.25) is 5.91 Å². The fourth-order valence-electron chi connectivity index (χ4n) is 1.14. The highest BCUT2D eigenvalue weighted by atomic mass is 79.9. The molecule has 0 heterocycles. The average molecular weight is 302 g/mol. The molecule has 1 rings (SSSR count). The molecule has 0 bridgehead atoms. The molecule has 0 aromatic heterocycles. The molecular formula is C10H12BrN3O3.